The number of ketones is 1. The van der Waals surface area contributed by atoms with Gasteiger partial charge in [0.05, 0.1) is 0 Å². The third-order valence-electron chi connectivity index (χ3n) is 1.90. The van der Waals surface area contributed by atoms with E-state index < -0.39 is 24.2 Å². The summed E-state index contributed by atoms with van der Waals surface area (Å²) in [4.78, 5) is 10.5. The molecule has 0 aliphatic heterocycles. The standard InChI is InChI=1S/C10H8F4O/c11-8-4-2-1-3-7(8)5-6-9(15)10(12,13)14/h1-4H,5-6H2. The lowest BCUT2D eigenvalue weighted by Crippen LogP contribution is -2.23. The molecule has 0 bridgehead atoms. The third-order valence-corrected chi connectivity index (χ3v) is 1.90. The van der Waals surface area contributed by atoms with E-state index in [-0.39, 0.29) is 12.0 Å². The van der Waals surface area contributed by atoms with Crippen LogP contribution in [0.3, 0.4) is 0 Å². The number of rotatable bonds is 3. The number of halogens is 4. The average molecular weight is 220 g/mol. The Morgan fingerprint density at radius 3 is 2.33 bits per heavy atom. The van der Waals surface area contributed by atoms with Crippen LogP contribution in [0.25, 0.3) is 0 Å². The van der Waals surface area contributed by atoms with Crippen molar-refractivity contribution in [1.29, 1.82) is 0 Å². The van der Waals surface area contributed by atoms with Crippen LogP contribution >= 0.6 is 0 Å². The zero-order valence-electron chi connectivity index (χ0n) is 7.64. The molecular formula is C10H8F4O. The molecule has 0 heterocycles. The summed E-state index contributed by atoms with van der Waals surface area (Å²) < 4.78 is 48.4. The summed E-state index contributed by atoms with van der Waals surface area (Å²) in [7, 11) is 0. The number of alkyl halides is 3. The van der Waals surface area contributed by atoms with E-state index in [1.54, 1.807) is 0 Å². The van der Waals surface area contributed by atoms with Crippen LogP contribution < -0.4 is 0 Å². The van der Waals surface area contributed by atoms with Crippen molar-refractivity contribution < 1.29 is 22.4 Å². The van der Waals surface area contributed by atoms with Crippen LogP contribution in [0.5, 0.6) is 0 Å². The van der Waals surface area contributed by atoms with Crippen LogP contribution in [-0.4, -0.2) is 12.0 Å². The van der Waals surface area contributed by atoms with Gasteiger partial charge in [0.15, 0.2) is 0 Å². The number of aryl methyl sites for hydroxylation is 1. The monoisotopic (exact) mass is 220 g/mol. The predicted molar refractivity (Wildman–Crippen MR) is 45.8 cm³/mol. The molecule has 0 atom stereocenters. The van der Waals surface area contributed by atoms with Crippen LogP contribution in [0.1, 0.15) is 12.0 Å². The highest BCUT2D eigenvalue weighted by atomic mass is 19.4. The molecule has 0 aromatic heterocycles. The Balaban J connectivity index is 2.59. The molecule has 0 fully saturated rings. The Morgan fingerprint density at radius 1 is 1.20 bits per heavy atom. The third kappa shape index (κ3) is 3.34. The molecule has 0 spiro atoms. The van der Waals surface area contributed by atoms with Gasteiger partial charge >= 0.3 is 6.18 Å². The summed E-state index contributed by atoms with van der Waals surface area (Å²) >= 11 is 0. The smallest absolute Gasteiger partial charge is 0.290 e. The molecule has 0 saturated carbocycles. The van der Waals surface area contributed by atoms with Crippen molar-refractivity contribution >= 4 is 5.78 Å². The fourth-order valence-electron chi connectivity index (χ4n) is 1.09. The van der Waals surface area contributed by atoms with E-state index in [1.807, 2.05) is 0 Å². The maximum atomic E-state index is 12.9. The average Bonchev–Trinajstić information content (AvgIpc) is 2.14. The second kappa shape index (κ2) is 4.42. The number of carbonyl (C=O) groups is 1. The summed E-state index contributed by atoms with van der Waals surface area (Å²) in [5.41, 5.74) is 0.120. The van der Waals surface area contributed by atoms with Crippen LogP contribution in [0.4, 0.5) is 17.6 Å². The first-order chi connectivity index (χ1) is 6.91. The highest BCUT2D eigenvalue weighted by Gasteiger charge is 2.37. The van der Waals surface area contributed by atoms with Crippen LogP contribution in [0.15, 0.2) is 24.3 Å². The highest BCUT2D eigenvalue weighted by Crippen LogP contribution is 2.19. The van der Waals surface area contributed by atoms with Gasteiger partial charge in [-0.15, -0.1) is 0 Å². The summed E-state index contributed by atoms with van der Waals surface area (Å²) in [6.07, 6.45) is -5.78. The van der Waals surface area contributed by atoms with E-state index in [0.717, 1.165) is 6.07 Å². The fraction of sp³-hybridized carbons (Fsp3) is 0.300. The molecule has 1 aromatic rings. The van der Waals surface area contributed by atoms with E-state index in [1.165, 1.54) is 18.2 Å². The number of hydrogen-bond acceptors (Lipinski definition) is 1. The Kier molecular flexibility index (Phi) is 3.44. The maximum Gasteiger partial charge on any atom is 0.449 e. The molecule has 5 heteroatoms. The topological polar surface area (TPSA) is 17.1 Å². The molecule has 0 radical (unpaired) electrons. The minimum atomic E-state index is -4.83. The van der Waals surface area contributed by atoms with Crippen LogP contribution in [0, 0.1) is 5.82 Å². The molecule has 0 saturated heterocycles. The van der Waals surface area contributed by atoms with Gasteiger partial charge in [0.1, 0.15) is 5.82 Å². The molecule has 0 aliphatic carbocycles. The molecular weight excluding hydrogens is 212 g/mol. The Hall–Kier alpha value is -1.39. The lowest BCUT2D eigenvalue weighted by molar-refractivity contribution is -0.171. The summed E-state index contributed by atoms with van der Waals surface area (Å²) in [5.74, 6) is -2.42. The first-order valence-electron chi connectivity index (χ1n) is 4.24. The molecule has 0 amide bonds. The van der Waals surface area contributed by atoms with Gasteiger partial charge in [0.25, 0.3) is 0 Å². The number of hydrogen-bond donors (Lipinski definition) is 0. The molecule has 1 nitrogen and oxygen atoms in total. The van der Waals surface area contributed by atoms with E-state index in [4.69, 9.17) is 0 Å². The van der Waals surface area contributed by atoms with Crippen molar-refractivity contribution in [3.8, 4) is 0 Å². The maximum absolute atomic E-state index is 12.9. The first kappa shape index (κ1) is 11.7. The lowest BCUT2D eigenvalue weighted by Gasteiger charge is -2.05. The van der Waals surface area contributed by atoms with E-state index in [9.17, 15) is 22.4 Å². The SMILES string of the molecule is O=C(CCc1ccccc1F)C(F)(F)F. The van der Waals surface area contributed by atoms with Gasteiger partial charge in [-0.25, -0.2) is 4.39 Å². The van der Waals surface area contributed by atoms with Crippen molar-refractivity contribution in [2.24, 2.45) is 0 Å². The van der Waals surface area contributed by atoms with Gasteiger partial charge in [-0.2, -0.15) is 13.2 Å². The van der Waals surface area contributed by atoms with Gasteiger partial charge in [-0.3, -0.25) is 4.79 Å². The number of Topliss-reactive ketones (excluding diaryl/α,β-unsaturated/α-hetero) is 1. The van der Waals surface area contributed by atoms with Gasteiger partial charge in [0, 0.05) is 6.42 Å². The van der Waals surface area contributed by atoms with Crippen molar-refractivity contribution in [3.63, 3.8) is 0 Å². The Labute approximate surface area is 83.7 Å². The molecule has 1 rings (SSSR count). The van der Waals surface area contributed by atoms with Gasteiger partial charge < -0.3 is 0 Å². The molecule has 0 N–H and O–H groups in total. The molecule has 0 aliphatic rings. The normalized spacial score (nSPS) is 11.5. The lowest BCUT2D eigenvalue weighted by atomic mass is 10.1. The molecule has 82 valence electrons. The summed E-state index contributed by atoms with van der Waals surface area (Å²) in [6, 6.07) is 5.45. The summed E-state index contributed by atoms with van der Waals surface area (Å²) in [5, 5.41) is 0. The van der Waals surface area contributed by atoms with E-state index in [0.29, 0.717) is 0 Å². The Bertz CT molecular complexity index is 357. The number of benzene rings is 1. The van der Waals surface area contributed by atoms with Crippen molar-refractivity contribution in [3.05, 3.63) is 35.6 Å². The van der Waals surface area contributed by atoms with Crippen LogP contribution in [0.2, 0.25) is 0 Å². The zero-order chi connectivity index (χ0) is 11.5. The predicted octanol–water partition coefficient (Wildman–Crippen LogP) is 2.89. The van der Waals surface area contributed by atoms with E-state index in [2.05, 4.69) is 0 Å². The van der Waals surface area contributed by atoms with Crippen molar-refractivity contribution in [1.82, 2.24) is 0 Å². The highest BCUT2D eigenvalue weighted by molar-refractivity contribution is 5.84. The van der Waals surface area contributed by atoms with E-state index >= 15 is 0 Å². The van der Waals surface area contributed by atoms with Crippen molar-refractivity contribution in [2.45, 2.75) is 19.0 Å². The minimum absolute atomic E-state index is 0.120. The molecule has 15 heavy (non-hydrogen) atoms. The first-order valence-corrected chi connectivity index (χ1v) is 4.24. The largest absolute Gasteiger partial charge is 0.449 e. The van der Waals surface area contributed by atoms with Gasteiger partial charge in [-0.05, 0) is 18.1 Å². The van der Waals surface area contributed by atoms with Crippen molar-refractivity contribution in [2.75, 3.05) is 0 Å². The van der Waals surface area contributed by atoms with Gasteiger partial charge in [0.2, 0.25) is 5.78 Å². The minimum Gasteiger partial charge on any atom is -0.290 e. The Morgan fingerprint density at radius 2 is 1.80 bits per heavy atom. The number of carbonyl (C=O) groups excluding carboxylic acids is 1. The fourth-order valence-corrected chi connectivity index (χ4v) is 1.09. The zero-order valence-corrected chi connectivity index (χ0v) is 7.64. The quantitative estimate of drug-likeness (QED) is 0.716. The molecule has 0 unspecified atom stereocenters. The molecule has 1 aromatic carbocycles. The summed E-state index contributed by atoms with van der Waals surface area (Å²) in [6.45, 7) is 0. The van der Waals surface area contributed by atoms with Gasteiger partial charge in [-0.1, -0.05) is 18.2 Å². The van der Waals surface area contributed by atoms with Crippen LogP contribution in [-0.2, 0) is 11.2 Å². The second-order valence-electron chi connectivity index (χ2n) is 3.01. The second-order valence-corrected chi connectivity index (χ2v) is 3.01.